The van der Waals surface area contributed by atoms with Crippen LogP contribution < -0.4 is 4.74 Å². The van der Waals surface area contributed by atoms with Gasteiger partial charge in [0.1, 0.15) is 5.75 Å². The molecule has 0 N–H and O–H groups in total. The standard InChI is InChI=1S/C13H10F2OS/c14-13(15)16-10-5-4-8-12(9-10)17-11-6-2-1-3-7-11/h1-9,13H. The largest absolute Gasteiger partial charge is 0.435 e. The first kappa shape index (κ1) is 11.9. The molecule has 2 rings (SSSR count). The summed E-state index contributed by atoms with van der Waals surface area (Å²) in [4.78, 5) is 1.93. The molecule has 0 bridgehead atoms. The minimum atomic E-state index is -2.79. The number of alkyl halides is 2. The Hall–Kier alpha value is -1.55. The van der Waals surface area contributed by atoms with E-state index < -0.39 is 6.61 Å². The Morgan fingerprint density at radius 1 is 0.882 bits per heavy atom. The van der Waals surface area contributed by atoms with Crippen molar-refractivity contribution < 1.29 is 13.5 Å². The Bertz CT molecular complexity index is 474. The fourth-order valence-electron chi connectivity index (χ4n) is 1.34. The van der Waals surface area contributed by atoms with Gasteiger partial charge in [-0.2, -0.15) is 8.78 Å². The number of benzene rings is 2. The Morgan fingerprint density at radius 2 is 1.59 bits per heavy atom. The lowest BCUT2D eigenvalue weighted by atomic mass is 10.3. The molecule has 0 atom stereocenters. The number of hydrogen-bond donors (Lipinski definition) is 0. The van der Waals surface area contributed by atoms with Crippen LogP contribution in [0.2, 0.25) is 0 Å². The minimum absolute atomic E-state index is 0.181. The lowest BCUT2D eigenvalue weighted by molar-refractivity contribution is -0.0499. The molecular weight excluding hydrogens is 242 g/mol. The second-order valence-corrected chi connectivity index (χ2v) is 4.42. The van der Waals surface area contributed by atoms with Gasteiger partial charge in [-0.15, -0.1) is 0 Å². The Morgan fingerprint density at radius 3 is 2.29 bits per heavy atom. The predicted octanol–water partition coefficient (Wildman–Crippen LogP) is 4.44. The van der Waals surface area contributed by atoms with Crippen LogP contribution in [0.3, 0.4) is 0 Å². The average Bonchev–Trinajstić information content (AvgIpc) is 2.30. The molecular formula is C13H10F2OS. The molecule has 2 aromatic carbocycles. The summed E-state index contributed by atoms with van der Waals surface area (Å²) in [6, 6.07) is 16.4. The van der Waals surface area contributed by atoms with Gasteiger partial charge in [0.25, 0.3) is 0 Å². The average molecular weight is 252 g/mol. The monoisotopic (exact) mass is 252 g/mol. The first-order valence-electron chi connectivity index (χ1n) is 5.02. The van der Waals surface area contributed by atoms with Crippen molar-refractivity contribution in [2.24, 2.45) is 0 Å². The summed E-state index contributed by atoms with van der Waals surface area (Å²) in [6.45, 7) is -2.79. The molecule has 0 aliphatic heterocycles. The number of halogens is 2. The molecule has 0 saturated carbocycles. The van der Waals surface area contributed by atoms with Gasteiger partial charge in [-0.25, -0.2) is 0 Å². The topological polar surface area (TPSA) is 9.23 Å². The zero-order valence-corrected chi connectivity index (χ0v) is 9.66. The van der Waals surface area contributed by atoms with E-state index in [9.17, 15) is 8.78 Å². The lowest BCUT2D eigenvalue weighted by Gasteiger charge is -2.06. The molecule has 17 heavy (non-hydrogen) atoms. The number of ether oxygens (including phenoxy) is 1. The zero-order valence-electron chi connectivity index (χ0n) is 8.85. The zero-order chi connectivity index (χ0) is 12.1. The van der Waals surface area contributed by atoms with Crippen LogP contribution in [0.25, 0.3) is 0 Å². The van der Waals surface area contributed by atoms with E-state index in [4.69, 9.17) is 0 Å². The van der Waals surface area contributed by atoms with E-state index in [-0.39, 0.29) is 5.75 Å². The fourth-order valence-corrected chi connectivity index (χ4v) is 2.23. The van der Waals surface area contributed by atoms with E-state index in [1.807, 2.05) is 36.4 Å². The summed E-state index contributed by atoms with van der Waals surface area (Å²) in [5, 5.41) is 0. The minimum Gasteiger partial charge on any atom is -0.435 e. The number of hydrogen-bond acceptors (Lipinski definition) is 2. The van der Waals surface area contributed by atoms with Crippen LogP contribution in [-0.4, -0.2) is 6.61 Å². The van der Waals surface area contributed by atoms with Gasteiger partial charge in [-0.3, -0.25) is 0 Å². The summed E-state index contributed by atoms with van der Waals surface area (Å²) in [5.41, 5.74) is 0. The van der Waals surface area contributed by atoms with Crippen molar-refractivity contribution in [3.63, 3.8) is 0 Å². The maximum absolute atomic E-state index is 12.1. The van der Waals surface area contributed by atoms with Gasteiger partial charge in [0.15, 0.2) is 0 Å². The third-order valence-electron chi connectivity index (χ3n) is 2.01. The molecule has 0 aliphatic rings. The van der Waals surface area contributed by atoms with Crippen LogP contribution in [0.4, 0.5) is 8.78 Å². The van der Waals surface area contributed by atoms with Crippen LogP contribution in [0, 0.1) is 0 Å². The molecule has 0 radical (unpaired) electrons. The van der Waals surface area contributed by atoms with Gasteiger partial charge in [0.05, 0.1) is 0 Å². The van der Waals surface area contributed by atoms with Crippen LogP contribution in [0.15, 0.2) is 64.4 Å². The van der Waals surface area contributed by atoms with Crippen molar-refractivity contribution >= 4 is 11.8 Å². The predicted molar refractivity (Wildman–Crippen MR) is 63.6 cm³/mol. The first-order chi connectivity index (χ1) is 8.24. The molecule has 88 valence electrons. The summed E-state index contributed by atoms with van der Waals surface area (Å²) in [6.07, 6.45) is 0. The van der Waals surface area contributed by atoms with Crippen LogP contribution in [0.1, 0.15) is 0 Å². The molecule has 1 nitrogen and oxygen atoms in total. The Labute approximate surface area is 102 Å². The molecule has 0 heterocycles. The van der Waals surface area contributed by atoms with Gasteiger partial charge in [-0.05, 0) is 30.3 Å². The van der Waals surface area contributed by atoms with E-state index in [2.05, 4.69) is 4.74 Å². The molecule has 2 aromatic rings. The SMILES string of the molecule is FC(F)Oc1cccc(Sc2ccccc2)c1. The van der Waals surface area contributed by atoms with Crippen molar-refractivity contribution in [1.82, 2.24) is 0 Å². The highest BCUT2D eigenvalue weighted by atomic mass is 32.2. The van der Waals surface area contributed by atoms with Crippen LogP contribution >= 0.6 is 11.8 Å². The van der Waals surface area contributed by atoms with Crippen molar-refractivity contribution in [3.05, 3.63) is 54.6 Å². The van der Waals surface area contributed by atoms with Gasteiger partial charge in [0.2, 0.25) is 0 Å². The van der Waals surface area contributed by atoms with Crippen molar-refractivity contribution in [2.45, 2.75) is 16.4 Å². The quantitative estimate of drug-likeness (QED) is 0.795. The smallest absolute Gasteiger partial charge is 0.387 e. The molecule has 0 unspecified atom stereocenters. The third kappa shape index (κ3) is 3.75. The second kappa shape index (κ2) is 5.68. The van der Waals surface area contributed by atoms with Gasteiger partial charge >= 0.3 is 6.61 Å². The summed E-state index contributed by atoms with van der Waals surface area (Å²) in [5.74, 6) is 0.181. The highest BCUT2D eigenvalue weighted by Crippen LogP contribution is 2.30. The van der Waals surface area contributed by atoms with E-state index in [1.54, 1.807) is 12.1 Å². The summed E-state index contributed by atoms with van der Waals surface area (Å²) >= 11 is 1.50. The molecule has 0 aromatic heterocycles. The molecule has 0 spiro atoms. The molecule has 0 saturated heterocycles. The summed E-state index contributed by atoms with van der Waals surface area (Å²) in [7, 11) is 0. The van der Waals surface area contributed by atoms with Crippen molar-refractivity contribution in [1.29, 1.82) is 0 Å². The van der Waals surface area contributed by atoms with Gasteiger partial charge in [0, 0.05) is 9.79 Å². The maximum atomic E-state index is 12.1. The van der Waals surface area contributed by atoms with Crippen LogP contribution in [-0.2, 0) is 0 Å². The van der Waals surface area contributed by atoms with Crippen LogP contribution in [0.5, 0.6) is 5.75 Å². The summed E-state index contributed by atoms with van der Waals surface area (Å²) < 4.78 is 28.4. The molecule has 0 amide bonds. The first-order valence-corrected chi connectivity index (χ1v) is 5.83. The highest BCUT2D eigenvalue weighted by Gasteiger charge is 2.05. The lowest BCUT2D eigenvalue weighted by Crippen LogP contribution is -2.01. The van der Waals surface area contributed by atoms with E-state index in [0.717, 1.165) is 9.79 Å². The molecule has 4 heteroatoms. The number of rotatable bonds is 4. The molecule has 0 aliphatic carbocycles. The maximum Gasteiger partial charge on any atom is 0.387 e. The van der Waals surface area contributed by atoms with Gasteiger partial charge in [-0.1, -0.05) is 36.0 Å². The van der Waals surface area contributed by atoms with Crippen molar-refractivity contribution in [3.8, 4) is 5.75 Å². The van der Waals surface area contributed by atoms with Gasteiger partial charge < -0.3 is 4.74 Å². The third-order valence-corrected chi connectivity index (χ3v) is 3.01. The van der Waals surface area contributed by atoms with E-state index in [1.165, 1.54) is 17.8 Å². The van der Waals surface area contributed by atoms with E-state index in [0.29, 0.717) is 0 Å². The van der Waals surface area contributed by atoms with E-state index >= 15 is 0 Å². The molecule has 0 fully saturated rings. The normalized spacial score (nSPS) is 10.5. The Balaban J connectivity index is 2.11. The fraction of sp³-hybridized carbons (Fsp3) is 0.0769. The second-order valence-electron chi connectivity index (χ2n) is 3.27. The highest BCUT2D eigenvalue weighted by molar-refractivity contribution is 7.99. The Kier molecular flexibility index (Phi) is 3.98. The van der Waals surface area contributed by atoms with Crippen molar-refractivity contribution in [2.75, 3.05) is 0 Å².